The van der Waals surface area contributed by atoms with Crippen LogP contribution in [0.15, 0.2) is 48.0 Å². The van der Waals surface area contributed by atoms with Gasteiger partial charge in [-0.15, -0.1) is 0 Å². The van der Waals surface area contributed by atoms with Gasteiger partial charge in [-0.1, -0.05) is 23.7 Å². The van der Waals surface area contributed by atoms with E-state index >= 15 is 0 Å². The van der Waals surface area contributed by atoms with Crippen LogP contribution in [0.3, 0.4) is 0 Å². The number of hydrogen-bond acceptors (Lipinski definition) is 6. The molecule has 1 aliphatic heterocycles. The number of halogens is 1. The van der Waals surface area contributed by atoms with E-state index in [-0.39, 0.29) is 16.9 Å². The molecule has 1 saturated heterocycles. The number of aliphatic hydroxyl groups excluding tert-OH is 1. The fraction of sp³-hybridized carbons (Fsp3) is 0.304. The van der Waals surface area contributed by atoms with E-state index in [0.717, 1.165) is 6.54 Å². The number of rotatable bonds is 7. The Morgan fingerprint density at radius 1 is 1.19 bits per heavy atom. The molecule has 164 valence electrons. The number of methoxy groups -OCH3 is 1. The van der Waals surface area contributed by atoms with Crippen LogP contribution in [0, 0.1) is 0 Å². The van der Waals surface area contributed by atoms with Gasteiger partial charge in [0.2, 0.25) is 0 Å². The van der Waals surface area contributed by atoms with Gasteiger partial charge in [0.1, 0.15) is 17.3 Å². The van der Waals surface area contributed by atoms with E-state index in [0.29, 0.717) is 29.3 Å². The number of ether oxygens (including phenoxy) is 1. The molecule has 1 heterocycles. The first-order chi connectivity index (χ1) is 14.7. The maximum Gasteiger partial charge on any atom is 0.295 e. The second-order valence-corrected chi connectivity index (χ2v) is 8.02. The lowest BCUT2D eigenvalue weighted by Gasteiger charge is -2.26. The van der Waals surface area contributed by atoms with Gasteiger partial charge >= 0.3 is 0 Å². The highest BCUT2D eigenvalue weighted by Crippen LogP contribution is 2.41. The van der Waals surface area contributed by atoms with Crippen LogP contribution in [0.5, 0.6) is 11.5 Å². The summed E-state index contributed by atoms with van der Waals surface area (Å²) in [5.41, 5.74) is 0.558. The van der Waals surface area contributed by atoms with Gasteiger partial charge in [0.15, 0.2) is 0 Å². The Balaban J connectivity index is 2.12. The molecule has 0 radical (unpaired) electrons. The van der Waals surface area contributed by atoms with E-state index in [1.807, 2.05) is 19.0 Å². The first kappa shape index (κ1) is 22.7. The summed E-state index contributed by atoms with van der Waals surface area (Å²) < 4.78 is 5.07. The lowest BCUT2D eigenvalue weighted by Crippen LogP contribution is -2.32. The van der Waals surface area contributed by atoms with Crippen molar-refractivity contribution in [2.75, 3.05) is 34.3 Å². The third kappa shape index (κ3) is 4.68. The average molecular weight is 445 g/mol. The number of hydrogen-bond donors (Lipinski definition) is 2. The highest BCUT2D eigenvalue weighted by atomic mass is 35.5. The number of phenols is 1. The van der Waals surface area contributed by atoms with Gasteiger partial charge in [0.25, 0.3) is 11.7 Å². The third-order valence-electron chi connectivity index (χ3n) is 5.17. The summed E-state index contributed by atoms with van der Waals surface area (Å²) in [4.78, 5) is 29.3. The molecule has 2 aromatic carbocycles. The zero-order chi connectivity index (χ0) is 22.7. The number of likely N-dealkylation sites (tertiary alicyclic amines) is 1. The van der Waals surface area contributed by atoms with Gasteiger partial charge in [-0.05, 0) is 56.9 Å². The average Bonchev–Trinajstić information content (AvgIpc) is 2.98. The van der Waals surface area contributed by atoms with Crippen molar-refractivity contribution in [1.29, 1.82) is 0 Å². The van der Waals surface area contributed by atoms with Crippen molar-refractivity contribution in [2.45, 2.75) is 12.5 Å². The van der Waals surface area contributed by atoms with E-state index < -0.39 is 23.5 Å². The van der Waals surface area contributed by atoms with E-state index in [1.165, 1.54) is 24.1 Å². The summed E-state index contributed by atoms with van der Waals surface area (Å²) in [6.45, 7) is 1.05. The number of phenolic OH excluding ortho intramolecular Hbond substituents is 1. The fourth-order valence-electron chi connectivity index (χ4n) is 3.67. The molecule has 0 spiro atoms. The molecular weight excluding hydrogens is 420 g/mol. The SMILES string of the molecule is COc1ccc(C(O)=C2C(=O)C(=O)N(CCCN(C)C)[C@@H]2c2cccc(Cl)c2)c(O)c1. The summed E-state index contributed by atoms with van der Waals surface area (Å²) in [5.74, 6) is -1.82. The summed E-state index contributed by atoms with van der Waals surface area (Å²) in [6.07, 6.45) is 0.644. The highest BCUT2D eigenvalue weighted by Gasteiger charge is 2.46. The van der Waals surface area contributed by atoms with E-state index in [4.69, 9.17) is 16.3 Å². The number of carbonyl (C=O) groups excluding carboxylic acids is 2. The number of carbonyl (C=O) groups is 2. The van der Waals surface area contributed by atoms with Gasteiger partial charge in [0, 0.05) is 17.6 Å². The van der Waals surface area contributed by atoms with Gasteiger partial charge < -0.3 is 24.7 Å². The Morgan fingerprint density at radius 2 is 1.94 bits per heavy atom. The minimum atomic E-state index is -0.817. The molecule has 1 amide bonds. The molecule has 0 bridgehead atoms. The van der Waals surface area contributed by atoms with E-state index in [1.54, 1.807) is 30.3 Å². The maximum absolute atomic E-state index is 13.0. The molecule has 31 heavy (non-hydrogen) atoms. The Morgan fingerprint density at radius 3 is 2.55 bits per heavy atom. The van der Waals surface area contributed by atoms with Gasteiger partial charge in [-0.3, -0.25) is 9.59 Å². The highest BCUT2D eigenvalue weighted by molar-refractivity contribution is 6.46. The van der Waals surface area contributed by atoms with E-state index in [2.05, 4.69) is 0 Å². The van der Waals surface area contributed by atoms with Crippen molar-refractivity contribution >= 4 is 29.1 Å². The molecule has 2 aromatic rings. The molecule has 2 N–H and O–H groups in total. The van der Waals surface area contributed by atoms with Crippen LogP contribution in [0.25, 0.3) is 5.76 Å². The molecule has 1 fully saturated rings. The monoisotopic (exact) mass is 444 g/mol. The molecule has 0 saturated carbocycles. The van der Waals surface area contributed by atoms with E-state index in [9.17, 15) is 19.8 Å². The van der Waals surface area contributed by atoms with Crippen LogP contribution in [0.2, 0.25) is 5.02 Å². The normalized spacial score (nSPS) is 18.1. The summed E-state index contributed by atoms with van der Waals surface area (Å²) in [5, 5.41) is 21.8. The number of nitrogens with zero attached hydrogens (tertiary/aromatic N) is 2. The number of amides is 1. The van der Waals surface area contributed by atoms with Gasteiger partial charge in [0.05, 0.1) is 24.3 Å². The minimum absolute atomic E-state index is 0.0409. The summed E-state index contributed by atoms with van der Waals surface area (Å²) in [7, 11) is 5.30. The summed E-state index contributed by atoms with van der Waals surface area (Å²) >= 11 is 6.17. The second-order valence-electron chi connectivity index (χ2n) is 7.59. The molecule has 7 nitrogen and oxygen atoms in total. The molecule has 3 rings (SSSR count). The first-order valence-electron chi connectivity index (χ1n) is 9.80. The number of aromatic hydroxyl groups is 1. The lowest BCUT2D eigenvalue weighted by molar-refractivity contribution is -0.139. The van der Waals surface area contributed by atoms with Crippen LogP contribution < -0.4 is 4.74 Å². The number of aliphatic hydroxyl groups is 1. The number of ketones is 1. The second kappa shape index (κ2) is 9.41. The zero-order valence-corrected chi connectivity index (χ0v) is 18.4. The topological polar surface area (TPSA) is 90.3 Å². The molecule has 0 aromatic heterocycles. The molecule has 1 atom stereocenters. The van der Waals surface area contributed by atoms with Crippen LogP contribution >= 0.6 is 11.6 Å². The predicted octanol–water partition coefficient (Wildman–Crippen LogP) is 3.43. The fourth-order valence-corrected chi connectivity index (χ4v) is 3.87. The molecule has 0 unspecified atom stereocenters. The number of Topliss-reactive ketones (excluding diaryl/α,β-unsaturated/α-hetero) is 1. The van der Waals surface area contributed by atoms with Crippen LogP contribution in [-0.4, -0.2) is 66.0 Å². The van der Waals surface area contributed by atoms with Crippen LogP contribution in [0.4, 0.5) is 0 Å². The predicted molar refractivity (Wildman–Crippen MR) is 118 cm³/mol. The Kier molecular flexibility index (Phi) is 6.87. The smallest absolute Gasteiger partial charge is 0.295 e. The van der Waals surface area contributed by atoms with Gasteiger partial charge in [-0.25, -0.2) is 0 Å². The maximum atomic E-state index is 13.0. The Labute approximate surface area is 186 Å². The molecule has 8 heteroatoms. The lowest BCUT2D eigenvalue weighted by atomic mass is 9.95. The summed E-state index contributed by atoms with van der Waals surface area (Å²) in [6, 6.07) is 10.3. The molecule has 1 aliphatic rings. The molecule has 0 aliphatic carbocycles. The third-order valence-corrected chi connectivity index (χ3v) is 5.40. The standard InChI is InChI=1S/C23H25ClN2O5/c1-25(2)10-5-11-26-20(14-6-4-7-15(24)12-14)19(22(29)23(26)30)21(28)17-9-8-16(31-3)13-18(17)27/h4,6-9,12-13,20,27-28H,5,10-11H2,1-3H3/t20-/m1/s1. The van der Waals surface area contributed by atoms with Crippen molar-refractivity contribution in [2.24, 2.45) is 0 Å². The molecular formula is C23H25ClN2O5. The minimum Gasteiger partial charge on any atom is -0.507 e. The largest absolute Gasteiger partial charge is 0.507 e. The van der Waals surface area contributed by atoms with Crippen molar-refractivity contribution in [1.82, 2.24) is 9.80 Å². The van der Waals surface area contributed by atoms with Crippen LogP contribution in [0.1, 0.15) is 23.6 Å². The number of benzene rings is 2. The first-order valence-corrected chi connectivity index (χ1v) is 10.2. The van der Waals surface area contributed by atoms with Crippen molar-refractivity contribution < 1.29 is 24.5 Å². The van der Waals surface area contributed by atoms with Crippen molar-refractivity contribution in [3.05, 3.63) is 64.2 Å². The van der Waals surface area contributed by atoms with Crippen LogP contribution in [-0.2, 0) is 9.59 Å². The quantitative estimate of drug-likeness (QED) is 0.386. The zero-order valence-electron chi connectivity index (χ0n) is 17.6. The van der Waals surface area contributed by atoms with Gasteiger partial charge in [-0.2, -0.15) is 0 Å². The van der Waals surface area contributed by atoms with Crippen molar-refractivity contribution in [3.8, 4) is 11.5 Å². The Hall–Kier alpha value is -3.03. The Bertz CT molecular complexity index is 1030. The van der Waals surface area contributed by atoms with Crippen molar-refractivity contribution in [3.63, 3.8) is 0 Å².